The van der Waals surface area contributed by atoms with Gasteiger partial charge < -0.3 is 5.32 Å². The van der Waals surface area contributed by atoms with Gasteiger partial charge in [-0.1, -0.05) is 33.6 Å². The highest BCUT2D eigenvalue weighted by molar-refractivity contribution is 7.09. The Morgan fingerprint density at radius 1 is 1.38 bits per heavy atom. The van der Waals surface area contributed by atoms with E-state index in [4.69, 9.17) is 4.98 Å². The van der Waals surface area contributed by atoms with Crippen LogP contribution in [0.4, 0.5) is 0 Å². The van der Waals surface area contributed by atoms with Crippen molar-refractivity contribution >= 4 is 11.3 Å². The first-order valence-electron chi connectivity index (χ1n) is 8.28. The summed E-state index contributed by atoms with van der Waals surface area (Å²) >= 11 is 1.81. The van der Waals surface area contributed by atoms with E-state index in [1.54, 1.807) is 0 Å². The molecule has 1 atom stereocenters. The predicted octanol–water partition coefficient (Wildman–Crippen LogP) is 3.58. The first kappa shape index (κ1) is 15.4. The lowest BCUT2D eigenvalue weighted by Crippen LogP contribution is -2.65. The molecule has 1 spiro atoms. The highest BCUT2D eigenvalue weighted by Gasteiger charge is 2.44. The average Bonchev–Trinajstić information content (AvgIpc) is 2.98. The van der Waals surface area contributed by atoms with E-state index in [9.17, 15) is 0 Å². The molecular formula is C17H29N3S. The molecule has 1 aliphatic heterocycles. The van der Waals surface area contributed by atoms with Gasteiger partial charge in [0.05, 0.1) is 6.54 Å². The van der Waals surface area contributed by atoms with Crippen molar-refractivity contribution in [3.05, 3.63) is 16.1 Å². The molecule has 21 heavy (non-hydrogen) atoms. The van der Waals surface area contributed by atoms with Crippen molar-refractivity contribution < 1.29 is 0 Å². The topological polar surface area (TPSA) is 28.2 Å². The van der Waals surface area contributed by atoms with Gasteiger partial charge in [-0.3, -0.25) is 4.90 Å². The Kier molecular flexibility index (Phi) is 4.15. The zero-order chi connectivity index (χ0) is 15.1. The number of aromatic nitrogens is 1. The van der Waals surface area contributed by atoms with Crippen LogP contribution in [-0.4, -0.2) is 34.6 Å². The van der Waals surface area contributed by atoms with Crippen molar-refractivity contribution in [2.75, 3.05) is 13.1 Å². The van der Waals surface area contributed by atoms with Crippen LogP contribution >= 0.6 is 11.3 Å². The summed E-state index contributed by atoms with van der Waals surface area (Å²) in [4.78, 5) is 7.40. The monoisotopic (exact) mass is 307 g/mol. The molecule has 1 N–H and O–H groups in total. The number of nitrogens with zero attached hydrogens (tertiary/aromatic N) is 2. The van der Waals surface area contributed by atoms with Crippen LogP contribution in [-0.2, 0) is 6.54 Å². The summed E-state index contributed by atoms with van der Waals surface area (Å²) in [5, 5.41) is 7.36. The Hall–Kier alpha value is -0.450. The molecule has 1 saturated heterocycles. The van der Waals surface area contributed by atoms with Crippen molar-refractivity contribution in [3.8, 4) is 0 Å². The minimum absolute atomic E-state index is 0.305. The standard InChI is InChI=1S/C17H29N3S/c1-13-11-21-15(19-13)10-20-12-17(7-5-6-8-17)18-9-14(20)16(2,3)4/h11,14,18H,5-10,12H2,1-4H3. The number of hydrogen-bond donors (Lipinski definition) is 1. The second-order valence-corrected chi connectivity index (χ2v) is 8.98. The Bertz CT molecular complexity index is 482. The van der Waals surface area contributed by atoms with Crippen LogP contribution < -0.4 is 5.32 Å². The molecule has 1 aliphatic carbocycles. The highest BCUT2D eigenvalue weighted by Crippen LogP contribution is 2.37. The van der Waals surface area contributed by atoms with E-state index in [-0.39, 0.29) is 0 Å². The fourth-order valence-electron chi connectivity index (χ4n) is 4.05. The number of piperazine rings is 1. The molecule has 0 aromatic carbocycles. The van der Waals surface area contributed by atoms with Gasteiger partial charge in [-0.15, -0.1) is 11.3 Å². The number of thiazole rings is 1. The maximum absolute atomic E-state index is 4.69. The summed E-state index contributed by atoms with van der Waals surface area (Å²) in [5.41, 5.74) is 1.85. The number of rotatable bonds is 2. The summed E-state index contributed by atoms with van der Waals surface area (Å²) in [6.07, 6.45) is 5.46. The first-order valence-corrected chi connectivity index (χ1v) is 9.16. The van der Waals surface area contributed by atoms with Gasteiger partial charge in [-0.25, -0.2) is 4.98 Å². The van der Waals surface area contributed by atoms with Gasteiger partial charge in [0.1, 0.15) is 5.01 Å². The van der Waals surface area contributed by atoms with Gasteiger partial charge in [0, 0.05) is 35.7 Å². The van der Waals surface area contributed by atoms with Crippen LogP contribution in [0.2, 0.25) is 0 Å². The average molecular weight is 308 g/mol. The molecule has 2 fully saturated rings. The second-order valence-electron chi connectivity index (χ2n) is 8.04. The van der Waals surface area contributed by atoms with Crippen LogP contribution in [0.3, 0.4) is 0 Å². The lowest BCUT2D eigenvalue weighted by atomic mass is 9.81. The second kappa shape index (κ2) is 5.64. The van der Waals surface area contributed by atoms with Gasteiger partial charge in [-0.2, -0.15) is 0 Å². The lowest BCUT2D eigenvalue weighted by Gasteiger charge is -2.50. The molecular weight excluding hydrogens is 278 g/mol. The van der Waals surface area contributed by atoms with Gasteiger partial charge in [0.15, 0.2) is 0 Å². The fraction of sp³-hybridized carbons (Fsp3) is 0.824. The van der Waals surface area contributed by atoms with Crippen LogP contribution in [0, 0.1) is 12.3 Å². The summed E-state index contributed by atoms with van der Waals surface area (Å²) in [7, 11) is 0. The molecule has 1 saturated carbocycles. The zero-order valence-electron chi connectivity index (χ0n) is 13.9. The van der Waals surface area contributed by atoms with Gasteiger partial charge in [-0.05, 0) is 25.2 Å². The normalized spacial score (nSPS) is 26.6. The molecule has 118 valence electrons. The van der Waals surface area contributed by atoms with E-state index in [0.29, 0.717) is 17.0 Å². The third-order valence-electron chi connectivity index (χ3n) is 5.18. The largest absolute Gasteiger partial charge is 0.308 e. The third kappa shape index (κ3) is 3.33. The van der Waals surface area contributed by atoms with Gasteiger partial charge in [0.2, 0.25) is 0 Å². The van der Waals surface area contributed by atoms with Gasteiger partial charge in [0.25, 0.3) is 0 Å². The molecule has 0 amide bonds. The summed E-state index contributed by atoms with van der Waals surface area (Å²) in [5.74, 6) is 0. The molecule has 0 radical (unpaired) electrons. The van der Waals surface area contributed by atoms with E-state index >= 15 is 0 Å². The molecule has 1 aromatic rings. The van der Waals surface area contributed by atoms with Gasteiger partial charge >= 0.3 is 0 Å². The molecule has 3 rings (SSSR count). The molecule has 1 unspecified atom stereocenters. The zero-order valence-corrected chi connectivity index (χ0v) is 14.7. The minimum Gasteiger partial charge on any atom is -0.308 e. The summed E-state index contributed by atoms with van der Waals surface area (Å²) < 4.78 is 0. The molecule has 2 aliphatic rings. The van der Waals surface area contributed by atoms with Crippen molar-refractivity contribution in [2.45, 2.75) is 71.5 Å². The molecule has 0 bridgehead atoms. The summed E-state index contributed by atoms with van der Waals surface area (Å²) in [6.45, 7) is 12.5. The van der Waals surface area contributed by atoms with Crippen LogP contribution in [0.15, 0.2) is 5.38 Å². The number of aryl methyl sites for hydroxylation is 1. The van der Waals surface area contributed by atoms with E-state index in [0.717, 1.165) is 18.8 Å². The Morgan fingerprint density at radius 2 is 2.10 bits per heavy atom. The van der Waals surface area contributed by atoms with Crippen molar-refractivity contribution in [3.63, 3.8) is 0 Å². The number of hydrogen-bond acceptors (Lipinski definition) is 4. The minimum atomic E-state index is 0.305. The van der Waals surface area contributed by atoms with Crippen LogP contribution in [0.1, 0.15) is 57.2 Å². The first-order chi connectivity index (χ1) is 9.88. The van der Waals surface area contributed by atoms with Crippen molar-refractivity contribution in [1.82, 2.24) is 15.2 Å². The Labute approximate surface area is 133 Å². The highest BCUT2D eigenvalue weighted by atomic mass is 32.1. The molecule has 1 aromatic heterocycles. The quantitative estimate of drug-likeness (QED) is 0.905. The summed E-state index contributed by atoms with van der Waals surface area (Å²) in [6, 6.07) is 0.591. The maximum Gasteiger partial charge on any atom is 0.107 e. The van der Waals surface area contributed by atoms with E-state index < -0.39 is 0 Å². The van der Waals surface area contributed by atoms with Crippen LogP contribution in [0.5, 0.6) is 0 Å². The smallest absolute Gasteiger partial charge is 0.107 e. The molecule has 2 heterocycles. The SMILES string of the molecule is Cc1csc(CN2CC3(CCCC3)NCC2C(C)(C)C)n1. The van der Waals surface area contributed by atoms with Crippen molar-refractivity contribution in [2.24, 2.45) is 5.41 Å². The Balaban J connectivity index is 1.79. The van der Waals surface area contributed by atoms with E-state index in [2.05, 4.69) is 43.3 Å². The number of nitrogens with one attached hydrogen (secondary N) is 1. The fourth-order valence-corrected chi connectivity index (χ4v) is 4.85. The van der Waals surface area contributed by atoms with Crippen LogP contribution in [0.25, 0.3) is 0 Å². The third-order valence-corrected chi connectivity index (χ3v) is 6.13. The molecule has 3 nitrogen and oxygen atoms in total. The Morgan fingerprint density at radius 3 is 2.67 bits per heavy atom. The van der Waals surface area contributed by atoms with Crippen molar-refractivity contribution in [1.29, 1.82) is 0 Å². The van der Waals surface area contributed by atoms with E-state index in [1.165, 1.54) is 37.2 Å². The predicted molar refractivity (Wildman–Crippen MR) is 89.7 cm³/mol. The van der Waals surface area contributed by atoms with E-state index in [1.807, 2.05) is 11.3 Å². The maximum atomic E-state index is 4.69. The lowest BCUT2D eigenvalue weighted by molar-refractivity contribution is 0.0179. The molecule has 4 heteroatoms.